The van der Waals surface area contributed by atoms with Crippen LogP contribution in [0.25, 0.3) is 0 Å². The molecule has 0 aromatic heterocycles. The molecule has 1 aromatic carbocycles. The first kappa shape index (κ1) is 13.5. The third-order valence-electron chi connectivity index (χ3n) is 2.45. The fourth-order valence-electron chi connectivity index (χ4n) is 1.66. The van der Waals surface area contributed by atoms with Crippen LogP contribution >= 0.6 is 0 Å². The molecule has 0 aliphatic rings. The van der Waals surface area contributed by atoms with Crippen molar-refractivity contribution in [2.24, 2.45) is 0 Å². The van der Waals surface area contributed by atoms with Gasteiger partial charge >= 0.3 is 0 Å². The van der Waals surface area contributed by atoms with Gasteiger partial charge in [0.2, 0.25) is 5.91 Å². The van der Waals surface area contributed by atoms with E-state index in [4.69, 9.17) is 4.74 Å². The van der Waals surface area contributed by atoms with Crippen molar-refractivity contribution in [2.45, 2.75) is 19.8 Å². The van der Waals surface area contributed by atoms with E-state index >= 15 is 0 Å². The van der Waals surface area contributed by atoms with Gasteiger partial charge in [0.05, 0.1) is 7.11 Å². The number of carbonyl (C=O) groups is 1. The maximum absolute atomic E-state index is 11.5. The Morgan fingerprint density at radius 2 is 2.12 bits per heavy atom. The van der Waals surface area contributed by atoms with Crippen molar-refractivity contribution in [3.63, 3.8) is 0 Å². The number of aryl methyl sites for hydroxylation is 2. The van der Waals surface area contributed by atoms with Crippen molar-refractivity contribution in [3.05, 3.63) is 29.3 Å². The zero-order chi connectivity index (χ0) is 12.8. The summed E-state index contributed by atoms with van der Waals surface area (Å²) in [7, 11) is 5.26. The molecular weight excluding hydrogens is 216 g/mol. The number of hydrazine groups is 1. The Labute approximate surface area is 103 Å². The smallest absolute Gasteiger partial charge is 0.234 e. The van der Waals surface area contributed by atoms with E-state index in [2.05, 4.69) is 11.5 Å². The summed E-state index contributed by atoms with van der Waals surface area (Å²) in [5.41, 5.74) is 4.97. The van der Waals surface area contributed by atoms with Crippen LogP contribution in [-0.4, -0.2) is 32.1 Å². The Bertz CT molecular complexity index is 389. The summed E-state index contributed by atoms with van der Waals surface area (Å²) in [4.78, 5) is 11.5. The number of hydrogen-bond donors (Lipinski definition) is 1. The molecule has 17 heavy (non-hydrogen) atoms. The Kier molecular flexibility index (Phi) is 4.97. The predicted octanol–water partition coefficient (Wildman–Crippen LogP) is 1.53. The van der Waals surface area contributed by atoms with E-state index in [1.54, 1.807) is 26.2 Å². The van der Waals surface area contributed by atoms with E-state index in [0.29, 0.717) is 6.42 Å². The summed E-state index contributed by atoms with van der Waals surface area (Å²) in [5.74, 6) is 0.912. The van der Waals surface area contributed by atoms with Crippen LogP contribution in [0.5, 0.6) is 5.75 Å². The van der Waals surface area contributed by atoms with Crippen LogP contribution in [0, 0.1) is 6.92 Å². The fraction of sp³-hybridized carbons (Fsp3) is 0.462. The topological polar surface area (TPSA) is 41.6 Å². The number of hydrogen-bond acceptors (Lipinski definition) is 3. The van der Waals surface area contributed by atoms with Crippen LogP contribution in [-0.2, 0) is 11.2 Å². The number of rotatable bonds is 5. The van der Waals surface area contributed by atoms with Crippen LogP contribution in [0.2, 0.25) is 0 Å². The lowest BCUT2D eigenvalue weighted by Crippen LogP contribution is -2.36. The van der Waals surface area contributed by atoms with Gasteiger partial charge in [-0.15, -0.1) is 0 Å². The average molecular weight is 236 g/mol. The number of nitrogens with zero attached hydrogens (tertiary/aromatic N) is 1. The van der Waals surface area contributed by atoms with Gasteiger partial charge in [0.1, 0.15) is 5.75 Å². The summed E-state index contributed by atoms with van der Waals surface area (Å²) in [6, 6.07) is 5.99. The monoisotopic (exact) mass is 236 g/mol. The van der Waals surface area contributed by atoms with Crippen LogP contribution in [0.15, 0.2) is 18.2 Å². The zero-order valence-electron chi connectivity index (χ0n) is 10.9. The molecular formula is C13H20N2O2. The molecule has 0 heterocycles. The Morgan fingerprint density at radius 1 is 1.41 bits per heavy atom. The molecule has 4 heteroatoms. The van der Waals surface area contributed by atoms with E-state index in [9.17, 15) is 4.79 Å². The fourth-order valence-corrected chi connectivity index (χ4v) is 1.66. The maximum atomic E-state index is 11.5. The van der Waals surface area contributed by atoms with Gasteiger partial charge in [-0.2, -0.15) is 0 Å². The lowest BCUT2D eigenvalue weighted by molar-refractivity contribution is -0.124. The first-order valence-corrected chi connectivity index (χ1v) is 5.63. The lowest BCUT2D eigenvalue weighted by atomic mass is 10.1. The molecule has 0 saturated carbocycles. The Balaban J connectivity index is 2.52. The first-order valence-electron chi connectivity index (χ1n) is 5.63. The second kappa shape index (κ2) is 6.25. The molecule has 0 bridgehead atoms. The molecule has 0 fully saturated rings. The second-order valence-corrected chi connectivity index (χ2v) is 4.23. The van der Waals surface area contributed by atoms with Gasteiger partial charge in [0.25, 0.3) is 0 Å². The normalized spacial score (nSPS) is 10.4. The average Bonchev–Trinajstić information content (AvgIpc) is 2.25. The van der Waals surface area contributed by atoms with Crippen molar-refractivity contribution in [1.82, 2.24) is 10.4 Å². The van der Waals surface area contributed by atoms with Crippen molar-refractivity contribution in [2.75, 3.05) is 21.2 Å². The van der Waals surface area contributed by atoms with Gasteiger partial charge < -0.3 is 4.74 Å². The predicted molar refractivity (Wildman–Crippen MR) is 67.9 cm³/mol. The molecule has 4 nitrogen and oxygen atoms in total. The molecule has 0 atom stereocenters. The minimum atomic E-state index is 0.0310. The molecule has 1 N–H and O–H groups in total. The van der Waals surface area contributed by atoms with Crippen molar-refractivity contribution >= 4 is 5.91 Å². The Hall–Kier alpha value is -1.55. The summed E-state index contributed by atoms with van der Waals surface area (Å²) in [6.45, 7) is 2.00. The molecule has 0 spiro atoms. The van der Waals surface area contributed by atoms with Crippen molar-refractivity contribution in [3.8, 4) is 5.75 Å². The lowest BCUT2D eigenvalue weighted by Gasteiger charge is -2.12. The van der Waals surface area contributed by atoms with E-state index in [-0.39, 0.29) is 5.91 Å². The second-order valence-electron chi connectivity index (χ2n) is 4.23. The van der Waals surface area contributed by atoms with E-state index in [1.807, 2.05) is 19.1 Å². The van der Waals surface area contributed by atoms with Crippen LogP contribution in [0.3, 0.4) is 0 Å². The largest absolute Gasteiger partial charge is 0.496 e. The summed E-state index contributed by atoms with van der Waals surface area (Å²) < 4.78 is 5.19. The standard InChI is InChI=1S/C13H20N2O2/c1-10-9-11(5-7-12(10)17-4)6-8-13(16)14-15(2)3/h5,7,9H,6,8H2,1-4H3,(H,14,16). The van der Waals surface area contributed by atoms with Gasteiger partial charge in [-0.3, -0.25) is 10.2 Å². The Morgan fingerprint density at radius 3 is 2.65 bits per heavy atom. The summed E-state index contributed by atoms with van der Waals surface area (Å²) in [6.07, 6.45) is 1.23. The minimum absolute atomic E-state index is 0.0310. The molecule has 0 unspecified atom stereocenters. The van der Waals surface area contributed by atoms with Gasteiger partial charge in [-0.25, -0.2) is 5.01 Å². The first-order chi connectivity index (χ1) is 8.02. The van der Waals surface area contributed by atoms with Crippen molar-refractivity contribution in [1.29, 1.82) is 0 Å². The number of benzene rings is 1. The van der Waals surface area contributed by atoms with Crippen molar-refractivity contribution < 1.29 is 9.53 Å². The van der Waals surface area contributed by atoms with Gasteiger partial charge in [-0.05, 0) is 30.5 Å². The van der Waals surface area contributed by atoms with Gasteiger partial charge in [-0.1, -0.05) is 12.1 Å². The highest BCUT2D eigenvalue weighted by Crippen LogP contribution is 2.19. The molecule has 1 rings (SSSR count). The van der Waals surface area contributed by atoms with E-state index < -0.39 is 0 Å². The highest BCUT2D eigenvalue weighted by atomic mass is 16.5. The molecule has 1 aromatic rings. The molecule has 0 saturated heterocycles. The number of amides is 1. The number of carbonyl (C=O) groups excluding carboxylic acids is 1. The summed E-state index contributed by atoms with van der Waals surface area (Å²) >= 11 is 0. The molecule has 1 amide bonds. The SMILES string of the molecule is COc1ccc(CCC(=O)NN(C)C)cc1C. The molecule has 0 aliphatic heterocycles. The highest BCUT2D eigenvalue weighted by molar-refractivity contribution is 5.75. The minimum Gasteiger partial charge on any atom is -0.496 e. The third-order valence-corrected chi connectivity index (χ3v) is 2.45. The van der Waals surface area contributed by atoms with E-state index in [1.165, 1.54) is 0 Å². The van der Waals surface area contributed by atoms with Gasteiger partial charge in [0.15, 0.2) is 0 Å². The van der Waals surface area contributed by atoms with E-state index in [0.717, 1.165) is 23.3 Å². The highest BCUT2D eigenvalue weighted by Gasteiger charge is 2.04. The van der Waals surface area contributed by atoms with Crippen LogP contribution < -0.4 is 10.2 Å². The summed E-state index contributed by atoms with van der Waals surface area (Å²) in [5, 5.41) is 1.65. The molecule has 0 aliphatic carbocycles. The zero-order valence-corrected chi connectivity index (χ0v) is 10.9. The van der Waals surface area contributed by atoms with Crippen LogP contribution in [0.4, 0.5) is 0 Å². The molecule has 0 radical (unpaired) electrons. The molecule has 94 valence electrons. The van der Waals surface area contributed by atoms with Crippen LogP contribution in [0.1, 0.15) is 17.5 Å². The maximum Gasteiger partial charge on any atom is 0.234 e. The van der Waals surface area contributed by atoms with Gasteiger partial charge in [0, 0.05) is 20.5 Å². The number of methoxy groups -OCH3 is 1. The third kappa shape index (κ3) is 4.44. The number of nitrogens with one attached hydrogen (secondary N) is 1. The quantitative estimate of drug-likeness (QED) is 0.788. The number of ether oxygens (including phenoxy) is 1.